The number of carbonyl (C=O) groups excluding carboxylic acids is 2. The molecule has 1 aliphatic heterocycles. The molecule has 0 radical (unpaired) electrons. The Morgan fingerprint density at radius 1 is 1.00 bits per heavy atom. The van der Waals surface area contributed by atoms with E-state index < -0.39 is 5.91 Å². The van der Waals surface area contributed by atoms with Gasteiger partial charge in [-0.3, -0.25) is 9.59 Å². The average molecular weight is 401 g/mol. The van der Waals surface area contributed by atoms with Gasteiger partial charge in [0.1, 0.15) is 11.8 Å². The van der Waals surface area contributed by atoms with Gasteiger partial charge in [-0.2, -0.15) is 0 Å². The summed E-state index contributed by atoms with van der Waals surface area (Å²) in [4.78, 5) is 26.4. The highest BCUT2D eigenvalue weighted by molar-refractivity contribution is 6.03. The number of fused-ring (bicyclic) bond motifs is 1. The van der Waals surface area contributed by atoms with Gasteiger partial charge >= 0.3 is 0 Å². The van der Waals surface area contributed by atoms with Crippen LogP contribution in [0.2, 0.25) is 0 Å². The molecule has 4 N–H and O–H groups in total. The van der Waals surface area contributed by atoms with E-state index in [0.717, 1.165) is 23.4 Å². The van der Waals surface area contributed by atoms with Gasteiger partial charge in [-0.25, -0.2) is 0 Å². The Hall–Kier alpha value is -3.80. The summed E-state index contributed by atoms with van der Waals surface area (Å²) in [6.07, 6.45) is 1.42. The van der Waals surface area contributed by atoms with E-state index in [1.54, 1.807) is 6.07 Å². The number of aryl methyl sites for hydroxylation is 1. The van der Waals surface area contributed by atoms with Crippen molar-refractivity contribution < 1.29 is 14.7 Å². The lowest BCUT2D eigenvalue weighted by Crippen LogP contribution is -2.48. The summed E-state index contributed by atoms with van der Waals surface area (Å²) in [7, 11) is 0. The monoisotopic (exact) mass is 401 g/mol. The SMILES string of the molecule is NC(=O)c1ccc(CN2c3ccccc3NC(=O)C2CCc2ccccc2)cc1O. The van der Waals surface area contributed by atoms with Crippen LogP contribution in [0.5, 0.6) is 5.75 Å². The van der Waals surface area contributed by atoms with Gasteiger partial charge in [-0.15, -0.1) is 0 Å². The lowest BCUT2D eigenvalue weighted by molar-refractivity contribution is -0.117. The largest absolute Gasteiger partial charge is 0.507 e. The summed E-state index contributed by atoms with van der Waals surface area (Å²) in [5, 5.41) is 13.2. The molecule has 0 aliphatic carbocycles. The number of phenols is 1. The molecule has 3 aromatic carbocycles. The van der Waals surface area contributed by atoms with Crippen molar-refractivity contribution in [3.63, 3.8) is 0 Å². The second-order valence-corrected chi connectivity index (χ2v) is 7.39. The maximum Gasteiger partial charge on any atom is 0.252 e. The zero-order valence-electron chi connectivity index (χ0n) is 16.4. The normalized spacial score (nSPS) is 15.4. The Bertz CT molecular complexity index is 1080. The number of hydrogen-bond acceptors (Lipinski definition) is 4. The highest BCUT2D eigenvalue weighted by Gasteiger charge is 2.32. The molecule has 1 aliphatic rings. The van der Waals surface area contributed by atoms with Crippen LogP contribution in [0.3, 0.4) is 0 Å². The molecule has 0 aromatic heterocycles. The Morgan fingerprint density at radius 2 is 1.73 bits per heavy atom. The molecule has 0 saturated carbocycles. The van der Waals surface area contributed by atoms with Crippen LogP contribution >= 0.6 is 0 Å². The minimum Gasteiger partial charge on any atom is -0.507 e. The van der Waals surface area contributed by atoms with Gasteiger partial charge in [0, 0.05) is 6.54 Å². The lowest BCUT2D eigenvalue weighted by atomic mass is 9.99. The van der Waals surface area contributed by atoms with Gasteiger partial charge in [0.25, 0.3) is 5.91 Å². The number of rotatable bonds is 6. The van der Waals surface area contributed by atoms with Crippen molar-refractivity contribution in [1.82, 2.24) is 0 Å². The van der Waals surface area contributed by atoms with Gasteiger partial charge in [-0.05, 0) is 48.2 Å². The minimum absolute atomic E-state index is 0.0531. The Kier molecular flexibility index (Phi) is 5.39. The van der Waals surface area contributed by atoms with Crippen molar-refractivity contribution in [3.8, 4) is 5.75 Å². The fourth-order valence-corrected chi connectivity index (χ4v) is 3.87. The van der Waals surface area contributed by atoms with Crippen LogP contribution in [0.1, 0.15) is 27.9 Å². The zero-order chi connectivity index (χ0) is 21.1. The number of primary amides is 1. The average Bonchev–Trinajstić information content (AvgIpc) is 2.74. The van der Waals surface area contributed by atoms with Gasteiger partial charge in [-0.1, -0.05) is 48.5 Å². The third kappa shape index (κ3) is 3.98. The third-order valence-corrected chi connectivity index (χ3v) is 5.38. The molecule has 0 fully saturated rings. The molecule has 1 unspecified atom stereocenters. The van der Waals surface area contributed by atoms with E-state index in [4.69, 9.17) is 5.73 Å². The van der Waals surface area contributed by atoms with Crippen molar-refractivity contribution in [2.75, 3.05) is 10.2 Å². The summed E-state index contributed by atoms with van der Waals surface area (Å²) >= 11 is 0. The molecule has 30 heavy (non-hydrogen) atoms. The van der Waals surface area contributed by atoms with Gasteiger partial charge < -0.3 is 21.1 Å². The van der Waals surface area contributed by atoms with Crippen LogP contribution in [-0.4, -0.2) is 23.0 Å². The second kappa shape index (κ2) is 8.29. The van der Waals surface area contributed by atoms with Crippen LogP contribution in [0.4, 0.5) is 11.4 Å². The Morgan fingerprint density at radius 3 is 2.47 bits per heavy atom. The molecule has 152 valence electrons. The van der Waals surface area contributed by atoms with Gasteiger partial charge in [0.05, 0.1) is 16.9 Å². The van der Waals surface area contributed by atoms with Crippen molar-refractivity contribution in [3.05, 3.63) is 89.5 Å². The molecule has 0 spiro atoms. The van der Waals surface area contributed by atoms with Crippen LogP contribution < -0.4 is 16.0 Å². The van der Waals surface area contributed by atoms with Crippen LogP contribution in [0, 0.1) is 0 Å². The standard InChI is InChI=1S/C24H23N3O3/c25-23(29)18-12-10-17(14-22(18)28)15-27-20-9-5-4-8-19(20)26-24(30)21(27)13-11-16-6-2-1-3-7-16/h1-10,12,14,21,28H,11,13,15H2,(H2,25,29)(H,26,30). The highest BCUT2D eigenvalue weighted by atomic mass is 16.3. The molecule has 2 amide bonds. The number of para-hydroxylation sites is 2. The number of benzene rings is 3. The van der Waals surface area contributed by atoms with E-state index in [-0.39, 0.29) is 23.3 Å². The first kappa shape index (κ1) is 19.5. The summed E-state index contributed by atoms with van der Waals surface area (Å²) in [5.74, 6) is -0.888. The first-order valence-electron chi connectivity index (χ1n) is 9.85. The minimum atomic E-state index is -0.678. The first-order valence-corrected chi connectivity index (χ1v) is 9.85. The van der Waals surface area contributed by atoms with Gasteiger partial charge in [0.15, 0.2) is 0 Å². The summed E-state index contributed by atoms with van der Waals surface area (Å²) < 4.78 is 0. The third-order valence-electron chi connectivity index (χ3n) is 5.38. The molecule has 0 saturated heterocycles. The van der Waals surface area contributed by atoms with Crippen LogP contribution in [-0.2, 0) is 17.8 Å². The number of nitrogens with one attached hydrogen (secondary N) is 1. The summed E-state index contributed by atoms with van der Waals surface area (Å²) in [5.41, 5.74) is 9.01. The predicted octanol–water partition coefficient (Wildman–Crippen LogP) is 3.45. The quantitative estimate of drug-likeness (QED) is 0.589. The van der Waals surface area contributed by atoms with Crippen LogP contribution in [0.25, 0.3) is 0 Å². The molecule has 1 atom stereocenters. The predicted molar refractivity (Wildman–Crippen MR) is 116 cm³/mol. The summed E-state index contributed by atoms with van der Waals surface area (Å²) in [6, 6.07) is 22.2. The Balaban J connectivity index is 1.64. The number of amides is 2. The molecule has 3 aromatic rings. The summed E-state index contributed by atoms with van der Waals surface area (Å²) in [6.45, 7) is 0.413. The van der Waals surface area contributed by atoms with E-state index in [9.17, 15) is 14.7 Å². The van der Waals surface area contributed by atoms with Crippen molar-refractivity contribution >= 4 is 23.2 Å². The molecular weight excluding hydrogens is 378 g/mol. The number of nitrogens with two attached hydrogens (primary N) is 1. The number of hydrogen-bond donors (Lipinski definition) is 3. The number of nitrogens with zero attached hydrogens (tertiary/aromatic N) is 1. The van der Waals surface area contributed by atoms with E-state index >= 15 is 0 Å². The van der Waals surface area contributed by atoms with Crippen molar-refractivity contribution in [2.24, 2.45) is 5.73 Å². The number of aromatic hydroxyl groups is 1. The first-order chi connectivity index (χ1) is 14.5. The van der Waals surface area contributed by atoms with Crippen molar-refractivity contribution in [2.45, 2.75) is 25.4 Å². The lowest BCUT2D eigenvalue weighted by Gasteiger charge is -2.38. The maximum atomic E-state index is 12.9. The number of carbonyl (C=O) groups is 2. The van der Waals surface area contributed by atoms with Crippen LogP contribution in [0.15, 0.2) is 72.8 Å². The fraction of sp³-hybridized carbons (Fsp3) is 0.167. The molecule has 6 nitrogen and oxygen atoms in total. The fourth-order valence-electron chi connectivity index (χ4n) is 3.87. The maximum absolute atomic E-state index is 12.9. The molecule has 4 rings (SSSR count). The second-order valence-electron chi connectivity index (χ2n) is 7.39. The molecule has 1 heterocycles. The van der Waals surface area contributed by atoms with E-state index in [1.165, 1.54) is 17.7 Å². The molecule has 0 bridgehead atoms. The van der Waals surface area contributed by atoms with E-state index in [0.29, 0.717) is 13.0 Å². The Labute approximate surface area is 174 Å². The zero-order valence-corrected chi connectivity index (χ0v) is 16.4. The van der Waals surface area contributed by atoms with Crippen molar-refractivity contribution in [1.29, 1.82) is 0 Å². The number of anilines is 2. The van der Waals surface area contributed by atoms with E-state index in [1.807, 2.05) is 42.5 Å². The van der Waals surface area contributed by atoms with E-state index in [2.05, 4.69) is 22.3 Å². The molecular formula is C24H23N3O3. The van der Waals surface area contributed by atoms with Gasteiger partial charge in [0.2, 0.25) is 5.91 Å². The topological polar surface area (TPSA) is 95.7 Å². The smallest absolute Gasteiger partial charge is 0.252 e. The highest BCUT2D eigenvalue weighted by Crippen LogP contribution is 2.35. The molecule has 6 heteroatoms.